The summed E-state index contributed by atoms with van der Waals surface area (Å²) in [5.74, 6) is -0.882. The maximum absolute atomic E-state index is 11.6. The third kappa shape index (κ3) is 4.20. The van der Waals surface area contributed by atoms with Crippen LogP contribution in [0.5, 0.6) is 0 Å². The Labute approximate surface area is 154 Å². The lowest BCUT2D eigenvalue weighted by atomic mass is 9.97. The van der Waals surface area contributed by atoms with E-state index in [-0.39, 0.29) is 0 Å². The van der Waals surface area contributed by atoms with Crippen molar-refractivity contribution >= 4 is 5.97 Å². The Kier molecular flexibility index (Phi) is 5.52. The molecule has 0 aliphatic carbocycles. The Bertz CT molecular complexity index is 797. The van der Waals surface area contributed by atoms with Gasteiger partial charge in [-0.1, -0.05) is 74.5 Å². The van der Waals surface area contributed by atoms with Crippen molar-refractivity contribution < 1.29 is 9.90 Å². The number of hydrogen-bond acceptors (Lipinski definition) is 2. The van der Waals surface area contributed by atoms with Gasteiger partial charge in [-0.25, -0.2) is 0 Å². The maximum atomic E-state index is 11.6. The van der Waals surface area contributed by atoms with Gasteiger partial charge in [-0.15, -0.1) is 0 Å². The minimum Gasteiger partial charge on any atom is -0.481 e. The fraction of sp³-hybridized carbons (Fsp3) is 0.273. The van der Waals surface area contributed by atoms with Crippen LogP contribution in [0.1, 0.15) is 20.3 Å². The zero-order chi connectivity index (χ0) is 18.5. The van der Waals surface area contributed by atoms with Gasteiger partial charge in [0, 0.05) is 17.3 Å². The van der Waals surface area contributed by atoms with E-state index in [2.05, 4.69) is 12.1 Å². The molecule has 1 N–H and O–H groups in total. The standard InChI is InChI=1S/C22H24N2O2/c1-16(2)13-19(22(25)26)14-24-15-20(17-9-5-3-6-10-17)21(23-24)18-11-7-4-8-12-18/h3-12,15-16,19H,13-14H2,1-2H3,(H,25,26). The predicted molar refractivity (Wildman–Crippen MR) is 104 cm³/mol. The van der Waals surface area contributed by atoms with E-state index in [1.54, 1.807) is 4.68 Å². The second kappa shape index (κ2) is 8.00. The molecule has 4 heteroatoms. The smallest absolute Gasteiger partial charge is 0.308 e. The van der Waals surface area contributed by atoms with E-state index in [9.17, 15) is 9.90 Å². The molecule has 0 spiro atoms. The first kappa shape index (κ1) is 17.9. The van der Waals surface area contributed by atoms with Crippen LogP contribution < -0.4 is 0 Å². The van der Waals surface area contributed by atoms with Crippen LogP contribution in [0.25, 0.3) is 22.4 Å². The third-order valence-corrected chi connectivity index (χ3v) is 4.41. The molecule has 1 heterocycles. The molecule has 4 nitrogen and oxygen atoms in total. The highest BCUT2D eigenvalue weighted by molar-refractivity contribution is 5.80. The minimum atomic E-state index is -0.767. The van der Waals surface area contributed by atoms with E-state index in [0.29, 0.717) is 18.9 Å². The highest BCUT2D eigenvalue weighted by Gasteiger charge is 2.21. The molecule has 1 aromatic heterocycles. The highest BCUT2D eigenvalue weighted by Crippen LogP contribution is 2.31. The molecule has 0 amide bonds. The van der Waals surface area contributed by atoms with E-state index in [4.69, 9.17) is 5.10 Å². The average Bonchev–Trinajstić information content (AvgIpc) is 3.06. The molecular formula is C22H24N2O2. The van der Waals surface area contributed by atoms with Crippen LogP contribution in [0, 0.1) is 11.8 Å². The largest absolute Gasteiger partial charge is 0.481 e. The van der Waals surface area contributed by atoms with Crippen molar-refractivity contribution in [3.05, 3.63) is 66.9 Å². The number of nitrogens with zero attached hydrogens (tertiary/aromatic N) is 2. The quantitative estimate of drug-likeness (QED) is 0.656. The van der Waals surface area contributed by atoms with Crippen LogP contribution in [0.4, 0.5) is 0 Å². The maximum Gasteiger partial charge on any atom is 0.308 e. The lowest BCUT2D eigenvalue weighted by molar-refractivity contribution is -0.142. The molecule has 0 aliphatic rings. The van der Waals surface area contributed by atoms with Crippen LogP contribution in [-0.2, 0) is 11.3 Å². The molecule has 0 radical (unpaired) electrons. The van der Waals surface area contributed by atoms with Crippen LogP contribution in [0.3, 0.4) is 0 Å². The Morgan fingerprint density at radius 1 is 1.00 bits per heavy atom. The summed E-state index contributed by atoms with van der Waals surface area (Å²) in [5.41, 5.74) is 4.00. The van der Waals surface area contributed by atoms with E-state index < -0.39 is 11.9 Å². The van der Waals surface area contributed by atoms with Crippen molar-refractivity contribution in [1.82, 2.24) is 9.78 Å². The van der Waals surface area contributed by atoms with Crippen LogP contribution in [0.2, 0.25) is 0 Å². The van der Waals surface area contributed by atoms with Crippen molar-refractivity contribution in [2.24, 2.45) is 11.8 Å². The Morgan fingerprint density at radius 3 is 2.12 bits per heavy atom. The lowest BCUT2D eigenvalue weighted by Crippen LogP contribution is -2.22. The van der Waals surface area contributed by atoms with Gasteiger partial charge >= 0.3 is 5.97 Å². The zero-order valence-electron chi connectivity index (χ0n) is 15.2. The van der Waals surface area contributed by atoms with Crippen LogP contribution >= 0.6 is 0 Å². The van der Waals surface area contributed by atoms with Gasteiger partial charge < -0.3 is 5.11 Å². The normalized spacial score (nSPS) is 12.3. The van der Waals surface area contributed by atoms with Gasteiger partial charge in [0.1, 0.15) is 5.69 Å². The SMILES string of the molecule is CC(C)CC(Cn1cc(-c2ccccc2)c(-c2ccccc2)n1)C(=O)O. The summed E-state index contributed by atoms with van der Waals surface area (Å²) in [6, 6.07) is 20.1. The minimum absolute atomic E-state index is 0.328. The van der Waals surface area contributed by atoms with Crippen molar-refractivity contribution in [1.29, 1.82) is 0 Å². The number of hydrogen-bond donors (Lipinski definition) is 1. The molecule has 1 unspecified atom stereocenters. The predicted octanol–water partition coefficient (Wildman–Crippen LogP) is 4.96. The fourth-order valence-electron chi connectivity index (χ4n) is 3.20. The Morgan fingerprint density at radius 2 is 1.58 bits per heavy atom. The molecule has 2 aromatic carbocycles. The monoisotopic (exact) mass is 348 g/mol. The number of aliphatic carboxylic acids is 1. The first-order valence-corrected chi connectivity index (χ1v) is 8.95. The van der Waals surface area contributed by atoms with Crippen LogP contribution in [-0.4, -0.2) is 20.9 Å². The number of benzene rings is 2. The summed E-state index contributed by atoms with van der Waals surface area (Å²) in [5, 5.41) is 14.3. The molecule has 134 valence electrons. The second-order valence-corrected chi connectivity index (χ2v) is 7.01. The summed E-state index contributed by atoms with van der Waals surface area (Å²) < 4.78 is 1.78. The molecule has 0 fully saturated rings. The first-order valence-electron chi connectivity index (χ1n) is 8.95. The molecular weight excluding hydrogens is 324 g/mol. The van der Waals surface area contributed by atoms with Crippen molar-refractivity contribution in [3.63, 3.8) is 0 Å². The number of carbonyl (C=O) groups is 1. The molecule has 0 saturated carbocycles. The summed E-state index contributed by atoms with van der Waals surface area (Å²) >= 11 is 0. The fourth-order valence-corrected chi connectivity index (χ4v) is 3.20. The van der Waals surface area contributed by atoms with Gasteiger partial charge in [0.25, 0.3) is 0 Å². The van der Waals surface area contributed by atoms with Crippen molar-refractivity contribution in [2.75, 3.05) is 0 Å². The summed E-state index contributed by atoms with van der Waals surface area (Å²) in [7, 11) is 0. The Hall–Kier alpha value is -2.88. The van der Waals surface area contributed by atoms with Crippen molar-refractivity contribution in [2.45, 2.75) is 26.8 Å². The van der Waals surface area contributed by atoms with Gasteiger partial charge in [0.15, 0.2) is 0 Å². The van der Waals surface area contributed by atoms with Gasteiger partial charge in [-0.05, 0) is 17.9 Å². The molecule has 1 atom stereocenters. The van der Waals surface area contributed by atoms with Gasteiger partial charge in [0.05, 0.1) is 12.5 Å². The van der Waals surface area contributed by atoms with E-state index in [0.717, 1.165) is 22.4 Å². The topological polar surface area (TPSA) is 55.1 Å². The average molecular weight is 348 g/mol. The lowest BCUT2D eigenvalue weighted by Gasteiger charge is -2.14. The highest BCUT2D eigenvalue weighted by atomic mass is 16.4. The third-order valence-electron chi connectivity index (χ3n) is 4.41. The Balaban J connectivity index is 2.00. The van der Waals surface area contributed by atoms with E-state index >= 15 is 0 Å². The molecule has 0 bridgehead atoms. The van der Waals surface area contributed by atoms with Gasteiger partial charge in [-0.2, -0.15) is 5.10 Å². The number of aromatic nitrogens is 2. The van der Waals surface area contributed by atoms with E-state index in [1.807, 2.05) is 68.6 Å². The second-order valence-electron chi connectivity index (χ2n) is 7.01. The summed E-state index contributed by atoms with van der Waals surface area (Å²) in [6.07, 6.45) is 2.60. The van der Waals surface area contributed by atoms with Gasteiger partial charge in [0.2, 0.25) is 0 Å². The van der Waals surface area contributed by atoms with Crippen LogP contribution in [0.15, 0.2) is 66.9 Å². The molecule has 26 heavy (non-hydrogen) atoms. The first-order chi connectivity index (χ1) is 12.5. The zero-order valence-corrected chi connectivity index (χ0v) is 15.2. The van der Waals surface area contributed by atoms with Crippen molar-refractivity contribution in [3.8, 4) is 22.4 Å². The van der Waals surface area contributed by atoms with E-state index in [1.165, 1.54) is 0 Å². The number of carboxylic acid groups (broad SMARTS) is 1. The molecule has 3 aromatic rings. The summed E-state index contributed by atoms with van der Waals surface area (Å²) in [4.78, 5) is 11.6. The molecule has 3 rings (SSSR count). The molecule has 0 aliphatic heterocycles. The number of carboxylic acids is 1. The summed E-state index contributed by atoms with van der Waals surface area (Å²) in [6.45, 7) is 4.47. The van der Waals surface area contributed by atoms with Gasteiger partial charge in [-0.3, -0.25) is 9.48 Å². The molecule has 0 saturated heterocycles. The number of rotatable bonds is 7.